The van der Waals surface area contributed by atoms with E-state index in [1.54, 1.807) is 7.05 Å². The molecule has 0 radical (unpaired) electrons. The average Bonchev–Trinajstić information content (AvgIpc) is 2.92. The first-order valence-corrected chi connectivity index (χ1v) is 13.2. The van der Waals surface area contributed by atoms with Crippen molar-refractivity contribution in [3.63, 3.8) is 0 Å². The van der Waals surface area contributed by atoms with E-state index in [0.29, 0.717) is 35.2 Å². The lowest BCUT2D eigenvalue weighted by atomic mass is 10.0. The molecular formula is C33H41N7. The van der Waals surface area contributed by atoms with Gasteiger partial charge in [-0.25, -0.2) is 4.99 Å². The van der Waals surface area contributed by atoms with Gasteiger partial charge >= 0.3 is 0 Å². The molecule has 1 atom stereocenters. The van der Waals surface area contributed by atoms with E-state index in [4.69, 9.17) is 10.7 Å². The van der Waals surface area contributed by atoms with Gasteiger partial charge in [-0.05, 0) is 69.0 Å². The van der Waals surface area contributed by atoms with Gasteiger partial charge in [-0.2, -0.15) is 0 Å². The van der Waals surface area contributed by atoms with Crippen LogP contribution in [0.1, 0.15) is 56.0 Å². The molecule has 0 saturated heterocycles. The number of hydrogen-bond donors (Lipinski definition) is 3. The number of aliphatic imine (C=N–C) groups is 3. The van der Waals surface area contributed by atoms with Gasteiger partial charge in [-0.15, -0.1) is 0 Å². The number of amidine groups is 1. The predicted molar refractivity (Wildman–Crippen MR) is 171 cm³/mol. The zero-order valence-electron chi connectivity index (χ0n) is 24.6. The Morgan fingerprint density at radius 2 is 1.73 bits per heavy atom. The van der Waals surface area contributed by atoms with Gasteiger partial charge in [0, 0.05) is 31.0 Å². The quantitative estimate of drug-likeness (QED) is 0.234. The molecule has 0 bridgehead atoms. The van der Waals surface area contributed by atoms with Crippen LogP contribution in [0.25, 0.3) is 5.70 Å². The Morgan fingerprint density at radius 3 is 2.33 bits per heavy atom. The van der Waals surface area contributed by atoms with Crippen LogP contribution < -0.4 is 16.4 Å². The Kier molecular flexibility index (Phi) is 9.67. The second-order valence-corrected chi connectivity index (χ2v) is 10.1. The molecule has 7 nitrogen and oxygen atoms in total. The lowest BCUT2D eigenvalue weighted by molar-refractivity contribution is 0.600. The Balaban J connectivity index is 1.82. The average molecular weight is 536 g/mol. The van der Waals surface area contributed by atoms with Gasteiger partial charge in [0.25, 0.3) is 0 Å². The largest absolute Gasteiger partial charge is 0.399 e. The number of allylic oxidation sites excluding steroid dienone is 1. The standard InChI is InChI=1S/C33H41N7/c1-20(2)37-31-17-28(12-11-21(31)3)19-36-25(7)33-18-32(39-27(9)40(33)26(8)35-10)24(6)38-23(5)30-15-13-29(14-16-30)22(4)34/h11-18,23,36,38H,4,6-7,9,19,34H2,1-3,5,8,10H3. The summed E-state index contributed by atoms with van der Waals surface area (Å²) in [7, 11) is 1.74. The molecule has 1 heterocycles. The van der Waals surface area contributed by atoms with Crippen molar-refractivity contribution in [1.82, 2.24) is 15.5 Å². The van der Waals surface area contributed by atoms with E-state index >= 15 is 0 Å². The van der Waals surface area contributed by atoms with Crippen molar-refractivity contribution in [3.8, 4) is 0 Å². The SMILES string of the molecule is C=C(NCc1ccc(C)c(N=C(C)C)c1)C1=CC(C(=C)NC(C)c2ccc(C(=C)N)cc2)=NC(=C)N1C(C)=NC. The van der Waals surface area contributed by atoms with Crippen LogP contribution in [0.3, 0.4) is 0 Å². The number of rotatable bonds is 10. The van der Waals surface area contributed by atoms with Gasteiger partial charge in [0.15, 0.2) is 0 Å². The van der Waals surface area contributed by atoms with E-state index in [1.165, 1.54) is 0 Å². The molecule has 1 aliphatic heterocycles. The first-order valence-electron chi connectivity index (χ1n) is 13.2. The number of aryl methyl sites for hydroxylation is 1. The fourth-order valence-electron chi connectivity index (χ4n) is 4.22. The van der Waals surface area contributed by atoms with Crippen molar-refractivity contribution in [2.24, 2.45) is 20.7 Å². The molecule has 2 aromatic rings. The van der Waals surface area contributed by atoms with E-state index in [-0.39, 0.29) is 6.04 Å². The summed E-state index contributed by atoms with van der Waals surface area (Å²) in [5, 5.41) is 6.93. The highest BCUT2D eigenvalue weighted by molar-refractivity contribution is 6.10. The molecule has 0 fully saturated rings. The van der Waals surface area contributed by atoms with Crippen LogP contribution in [0.5, 0.6) is 0 Å². The number of benzene rings is 2. The molecule has 40 heavy (non-hydrogen) atoms. The second kappa shape index (κ2) is 12.9. The van der Waals surface area contributed by atoms with Crippen molar-refractivity contribution in [2.75, 3.05) is 7.05 Å². The lowest BCUT2D eigenvalue weighted by Crippen LogP contribution is -2.35. The molecule has 3 rings (SSSR count). The van der Waals surface area contributed by atoms with Crippen LogP contribution in [0.4, 0.5) is 5.69 Å². The van der Waals surface area contributed by atoms with E-state index in [0.717, 1.165) is 45.2 Å². The molecule has 0 saturated carbocycles. The van der Waals surface area contributed by atoms with Crippen molar-refractivity contribution >= 4 is 28.6 Å². The van der Waals surface area contributed by atoms with E-state index < -0.39 is 0 Å². The lowest BCUT2D eigenvalue weighted by Gasteiger charge is -2.32. The Hall–Kier alpha value is -4.65. The third kappa shape index (κ3) is 7.26. The number of nitrogens with zero attached hydrogens (tertiary/aromatic N) is 4. The van der Waals surface area contributed by atoms with E-state index in [2.05, 4.69) is 79.0 Å². The maximum absolute atomic E-state index is 5.81. The van der Waals surface area contributed by atoms with Crippen LogP contribution >= 0.6 is 0 Å². The smallest absolute Gasteiger partial charge is 0.132 e. The van der Waals surface area contributed by atoms with Crippen LogP contribution in [0.2, 0.25) is 0 Å². The number of hydrogen-bond acceptors (Lipinski definition) is 6. The van der Waals surface area contributed by atoms with Gasteiger partial charge in [0.2, 0.25) is 0 Å². The minimum atomic E-state index is -0.0103. The normalized spacial score (nSPS) is 14.1. The first kappa shape index (κ1) is 29.9. The van der Waals surface area contributed by atoms with Gasteiger partial charge < -0.3 is 16.4 Å². The molecular weight excluding hydrogens is 494 g/mol. The van der Waals surface area contributed by atoms with Gasteiger partial charge in [-0.3, -0.25) is 14.9 Å². The molecule has 208 valence electrons. The molecule has 0 aliphatic carbocycles. The van der Waals surface area contributed by atoms with Crippen molar-refractivity contribution in [1.29, 1.82) is 0 Å². The molecule has 7 heteroatoms. The van der Waals surface area contributed by atoms with Gasteiger partial charge in [-0.1, -0.05) is 62.7 Å². The highest BCUT2D eigenvalue weighted by atomic mass is 15.3. The summed E-state index contributed by atoms with van der Waals surface area (Å²) in [5.74, 6) is 1.28. The monoisotopic (exact) mass is 535 g/mol. The third-order valence-electron chi connectivity index (χ3n) is 6.58. The fraction of sp³-hybridized carbons (Fsp3) is 0.242. The summed E-state index contributed by atoms with van der Waals surface area (Å²) in [5.41, 5.74) is 15.4. The minimum Gasteiger partial charge on any atom is -0.399 e. The molecule has 0 spiro atoms. The molecule has 1 aliphatic rings. The minimum absolute atomic E-state index is 0.0103. The molecule has 2 aromatic carbocycles. The Bertz CT molecular complexity index is 1450. The van der Waals surface area contributed by atoms with Gasteiger partial charge in [0.05, 0.1) is 28.5 Å². The Morgan fingerprint density at radius 1 is 1.05 bits per heavy atom. The third-order valence-corrected chi connectivity index (χ3v) is 6.58. The highest BCUT2D eigenvalue weighted by Gasteiger charge is 2.24. The zero-order valence-corrected chi connectivity index (χ0v) is 24.6. The summed E-state index contributed by atoms with van der Waals surface area (Å²) < 4.78 is 0. The maximum atomic E-state index is 5.81. The summed E-state index contributed by atoms with van der Waals surface area (Å²) in [6.07, 6.45) is 1.95. The first-order chi connectivity index (χ1) is 18.9. The van der Waals surface area contributed by atoms with Crippen molar-refractivity contribution in [2.45, 2.75) is 47.2 Å². The van der Waals surface area contributed by atoms with Crippen LogP contribution in [0.15, 0.2) is 113 Å². The summed E-state index contributed by atoms with van der Waals surface area (Å²) in [4.78, 5) is 15.7. The van der Waals surface area contributed by atoms with Crippen LogP contribution in [-0.2, 0) is 6.54 Å². The van der Waals surface area contributed by atoms with Crippen molar-refractivity contribution < 1.29 is 0 Å². The number of nitrogens with two attached hydrogens (primary N) is 1. The van der Waals surface area contributed by atoms with Crippen LogP contribution in [-0.4, -0.2) is 29.2 Å². The summed E-state index contributed by atoms with van der Waals surface area (Å²) in [6.45, 7) is 27.2. The van der Waals surface area contributed by atoms with E-state index in [1.807, 2.05) is 56.0 Å². The summed E-state index contributed by atoms with van der Waals surface area (Å²) in [6, 6.07) is 14.3. The predicted octanol–water partition coefficient (Wildman–Crippen LogP) is 6.66. The number of nitrogens with one attached hydrogen (secondary N) is 2. The maximum Gasteiger partial charge on any atom is 0.132 e. The summed E-state index contributed by atoms with van der Waals surface area (Å²) >= 11 is 0. The van der Waals surface area contributed by atoms with Crippen molar-refractivity contribution in [3.05, 3.63) is 120 Å². The molecule has 4 N–H and O–H groups in total. The second-order valence-electron chi connectivity index (χ2n) is 10.1. The van der Waals surface area contributed by atoms with Gasteiger partial charge in [0.1, 0.15) is 11.7 Å². The topological polar surface area (TPSA) is 90.4 Å². The van der Waals surface area contributed by atoms with Crippen LogP contribution in [0, 0.1) is 6.92 Å². The molecule has 0 amide bonds. The molecule has 0 aromatic heterocycles. The van der Waals surface area contributed by atoms with E-state index in [9.17, 15) is 0 Å². The Labute approximate surface area is 239 Å². The zero-order chi connectivity index (χ0) is 29.6. The fourth-order valence-corrected chi connectivity index (χ4v) is 4.22. The highest BCUT2D eigenvalue weighted by Crippen LogP contribution is 2.27. The molecule has 1 unspecified atom stereocenters.